The number of allylic oxidation sites excluding steroid dienone is 1. The summed E-state index contributed by atoms with van der Waals surface area (Å²) < 4.78 is 50.5. The van der Waals surface area contributed by atoms with E-state index in [-0.39, 0.29) is 38.3 Å². The Labute approximate surface area is 176 Å². The molecule has 3 N–H and O–H groups in total. The first-order chi connectivity index (χ1) is 14.6. The number of urea groups is 1. The van der Waals surface area contributed by atoms with Gasteiger partial charge in [-0.25, -0.2) is 9.18 Å². The molecule has 0 bridgehead atoms. The number of nitrogens with one attached hydrogen (secondary N) is 1. The largest absolute Gasteiger partial charge is 0.389 e. The Balaban J connectivity index is 1.76. The molecule has 2 aliphatic rings. The SMILES string of the molecule is N#CC1=C(c2cccc(F)c2)C(C(N)=O)C2CN(C(=O)NCCCC(F)(F)F)CCN12. The molecule has 0 aromatic heterocycles. The van der Waals surface area contributed by atoms with Gasteiger partial charge in [0.2, 0.25) is 5.91 Å². The fourth-order valence-corrected chi connectivity index (χ4v) is 4.08. The van der Waals surface area contributed by atoms with E-state index in [0.717, 1.165) is 0 Å². The van der Waals surface area contributed by atoms with E-state index in [1.54, 1.807) is 11.0 Å². The van der Waals surface area contributed by atoms with E-state index in [1.165, 1.54) is 23.1 Å². The number of piperazine rings is 1. The smallest absolute Gasteiger partial charge is 0.369 e. The number of hydrogen-bond donors (Lipinski definition) is 2. The summed E-state index contributed by atoms with van der Waals surface area (Å²) >= 11 is 0. The second-order valence-electron chi connectivity index (χ2n) is 7.42. The predicted molar refractivity (Wildman–Crippen MR) is 102 cm³/mol. The number of rotatable bonds is 5. The van der Waals surface area contributed by atoms with Crippen molar-refractivity contribution in [2.45, 2.75) is 25.1 Å². The number of nitrogens with two attached hydrogens (primary N) is 1. The first-order valence-electron chi connectivity index (χ1n) is 9.68. The van der Waals surface area contributed by atoms with Crippen molar-refractivity contribution in [3.05, 3.63) is 41.3 Å². The van der Waals surface area contributed by atoms with Gasteiger partial charge < -0.3 is 20.9 Å². The molecular formula is C20H21F4N5O2. The van der Waals surface area contributed by atoms with Gasteiger partial charge in [0.15, 0.2) is 0 Å². The molecule has 11 heteroatoms. The molecule has 1 aromatic carbocycles. The summed E-state index contributed by atoms with van der Waals surface area (Å²) in [6.45, 7) is 0.336. The monoisotopic (exact) mass is 439 g/mol. The van der Waals surface area contributed by atoms with Crippen LogP contribution in [0.2, 0.25) is 0 Å². The lowest BCUT2D eigenvalue weighted by Gasteiger charge is -2.40. The van der Waals surface area contributed by atoms with Gasteiger partial charge in [-0.1, -0.05) is 12.1 Å². The minimum absolute atomic E-state index is 0.0444. The van der Waals surface area contributed by atoms with Crippen LogP contribution in [0, 0.1) is 23.1 Å². The van der Waals surface area contributed by atoms with Crippen LogP contribution in [0.25, 0.3) is 5.57 Å². The zero-order valence-corrected chi connectivity index (χ0v) is 16.5. The number of hydrogen-bond acceptors (Lipinski definition) is 4. The molecule has 0 radical (unpaired) electrons. The van der Waals surface area contributed by atoms with Crippen LogP contribution in [-0.4, -0.2) is 60.1 Å². The summed E-state index contributed by atoms with van der Waals surface area (Å²) in [4.78, 5) is 27.8. The van der Waals surface area contributed by atoms with Gasteiger partial charge in [0.05, 0.1) is 12.0 Å². The second kappa shape index (κ2) is 8.83. The topological polar surface area (TPSA) is 102 Å². The molecule has 1 aromatic rings. The number of carbonyl (C=O) groups is 2. The summed E-state index contributed by atoms with van der Waals surface area (Å²) in [6.07, 6.45) is -5.53. The summed E-state index contributed by atoms with van der Waals surface area (Å²) in [5.74, 6) is -2.19. The molecule has 2 atom stereocenters. The highest BCUT2D eigenvalue weighted by Gasteiger charge is 2.47. The van der Waals surface area contributed by atoms with Crippen molar-refractivity contribution in [2.75, 3.05) is 26.2 Å². The maximum Gasteiger partial charge on any atom is 0.389 e. The van der Waals surface area contributed by atoms with E-state index in [9.17, 15) is 32.4 Å². The molecule has 0 aliphatic carbocycles. The number of alkyl halides is 3. The van der Waals surface area contributed by atoms with Crippen LogP contribution in [-0.2, 0) is 4.79 Å². The number of nitrogens with zero attached hydrogens (tertiary/aromatic N) is 3. The van der Waals surface area contributed by atoms with Crippen molar-refractivity contribution >= 4 is 17.5 Å². The van der Waals surface area contributed by atoms with Gasteiger partial charge in [0.25, 0.3) is 0 Å². The average molecular weight is 439 g/mol. The van der Waals surface area contributed by atoms with E-state index >= 15 is 0 Å². The third kappa shape index (κ3) is 4.90. The number of fused-ring (bicyclic) bond motifs is 1. The minimum Gasteiger partial charge on any atom is -0.369 e. The lowest BCUT2D eigenvalue weighted by Crippen LogP contribution is -2.57. The number of halogens is 4. The van der Waals surface area contributed by atoms with E-state index < -0.39 is 42.3 Å². The van der Waals surface area contributed by atoms with Crippen molar-refractivity contribution in [2.24, 2.45) is 11.7 Å². The van der Waals surface area contributed by atoms with E-state index in [4.69, 9.17) is 5.73 Å². The first kappa shape index (κ1) is 22.4. The lowest BCUT2D eigenvalue weighted by molar-refractivity contribution is -0.135. The average Bonchev–Trinajstić information content (AvgIpc) is 3.04. The van der Waals surface area contributed by atoms with Crippen LogP contribution in [0.1, 0.15) is 18.4 Å². The first-order valence-corrected chi connectivity index (χ1v) is 9.68. The zero-order chi connectivity index (χ0) is 22.8. The highest BCUT2D eigenvalue weighted by Crippen LogP contribution is 2.41. The van der Waals surface area contributed by atoms with Gasteiger partial charge in [-0.2, -0.15) is 18.4 Å². The standard InChI is InChI=1S/C20H21F4N5O2/c21-13-4-1-3-12(9-13)16-14(10-25)29-8-7-28(11-15(29)17(16)18(26)30)19(31)27-6-2-5-20(22,23)24/h1,3-4,9,15,17H,2,5-8,11H2,(H2,26,30)(H,27,31). The van der Waals surface area contributed by atoms with Gasteiger partial charge in [-0.3, -0.25) is 4.79 Å². The maximum absolute atomic E-state index is 13.8. The molecular weight excluding hydrogens is 418 g/mol. The Kier molecular flexibility index (Phi) is 6.38. The van der Waals surface area contributed by atoms with Crippen molar-refractivity contribution in [3.8, 4) is 6.07 Å². The van der Waals surface area contributed by atoms with Gasteiger partial charge in [0.1, 0.15) is 17.6 Å². The molecule has 1 saturated heterocycles. The molecule has 2 aliphatic heterocycles. The Hall–Kier alpha value is -3.29. The number of carbonyl (C=O) groups excluding carboxylic acids is 2. The fourth-order valence-electron chi connectivity index (χ4n) is 4.08. The molecule has 2 heterocycles. The molecule has 31 heavy (non-hydrogen) atoms. The van der Waals surface area contributed by atoms with E-state index in [0.29, 0.717) is 11.1 Å². The molecule has 0 spiro atoms. The normalized spacial score (nSPS) is 21.0. The Morgan fingerprint density at radius 3 is 2.65 bits per heavy atom. The summed E-state index contributed by atoms with van der Waals surface area (Å²) in [5, 5.41) is 12.2. The van der Waals surface area contributed by atoms with Crippen molar-refractivity contribution < 1.29 is 27.2 Å². The highest BCUT2D eigenvalue weighted by atomic mass is 19.4. The number of nitriles is 1. The van der Waals surface area contributed by atoms with Crippen LogP contribution in [0.5, 0.6) is 0 Å². The number of benzene rings is 1. The molecule has 7 nitrogen and oxygen atoms in total. The van der Waals surface area contributed by atoms with Gasteiger partial charge in [-0.05, 0) is 24.1 Å². The summed E-state index contributed by atoms with van der Waals surface area (Å²) in [6, 6.07) is 6.38. The quantitative estimate of drug-likeness (QED) is 0.543. The number of primary amides is 1. The van der Waals surface area contributed by atoms with E-state index in [1.807, 2.05) is 0 Å². The highest BCUT2D eigenvalue weighted by molar-refractivity contribution is 5.95. The Bertz CT molecular complexity index is 940. The van der Waals surface area contributed by atoms with Crippen molar-refractivity contribution in [3.63, 3.8) is 0 Å². The molecule has 1 fully saturated rings. The number of amides is 3. The zero-order valence-electron chi connectivity index (χ0n) is 16.5. The minimum atomic E-state index is -4.29. The van der Waals surface area contributed by atoms with Crippen LogP contribution in [0.3, 0.4) is 0 Å². The summed E-state index contributed by atoms with van der Waals surface area (Å²) in [5.41, 5.74) is 6.49. The summed E-state index contributed by atoms with van der Waals surface area (Å²) in [7, 11) is 0. The Morgan fingerprint density at radius 2 is 2.03 bits per heavy atom. The van der Waals surface area contributed by atoms with Crippen molar-refractivity contribution in [1.82, 2.24) is 15.1 Å². The molecule has 166 valence electrons. The van der Waals surface area contributed by atoms with Crippen LogP contribution >= 0.6 is 0 Å². The van der Waals surface area contributed by atoms with Crippen LogP contribution < -0.4 is 11.1 Å². The van der Waals surface area contributed by atoms with Crippen LogP contribution in [0.4, 0.5) is 22.4 Å². The van der Waals surface area contributed by atoms with Crippen molar-refractivity contribution in [1.29, 1.82) is 5.26 Å². The van der Waals surface area contributed by atoms with Gasteiger partial charge in [-0.15, -0.1) is 0 Å². The van der Waals surface area contributed by atoms with Gasteiger partial charge in [0, 0.05) is 38.2 Å². The third-order valence-electron chi connectivity index (χ3n) is 5.41. The Morgan fingerprint density at radius 1 is 1.29 bits per heavy atom. The lowest BCUT2D eigenvalue weighted by atomic mass is 9.87. The predicted octanol–water partition coefficient (Wildman–Crippen LogP) is 2.21. The van der Waals surface area contributed by atoms with Crippen LogP contribution in [0.15, 0.2) is 30.0 Å². The third-order valence-corrected chi connectivity index (χ3v) is 5.41. The molecule has 2 unspecified atom stereocenters. The van der Waals surface area contributed by atoms with E-state index in [2.05, 4.69) is 11.4 Å². The fraction of sp³-hybridized carbons (Fsp3) is 0.450. The molecule has 3 amide bonds. The molecule has 3 rings (SSSR count). The van der Waals surface area contributed by atoms with Gasteiger partial charge >= 0.3 is 12.2 Å². The second-order valence-corrected chi connectivity index (χ2v) is 7.42. The maximum atomic E-state index is 13.8. The molecule has 0 saturated carbocycles.